The van der Waals surface area contributed by atoms with Crippen LogP contribution < -0.4 is 0 Å². The fraction of sp³-hybridized carbons (Fsp3) is 0.684. The van der Waals surface area contributed by atoms with Crippen molar-refractivity contribution in [3.63, 3.8) is 0 Å². The molecule has 1 rings (SSSR count). The Balaban J connectivity index is 2.42. The van der Waals surface area contributed by atoms with E-state index in [4.69, 9.17) is 0 Å². The number of hydrogen-bond donors (Lipinski definition) is 1. The van der Waals surface area contributed by atoms with E-state index in [9.17, 15) is 5.11 Å². The van der Waals surface area contributed by atoms with Gasteiger partial charge in [-0.05, 0) is 24.4 Å². The standard InChI is InChI=1S/C19H34N2O/c1-16(2)11-21(12-17(3)4)15-19(22)14-20(5)13-18-9-7-6-8-10-18/h6-10,16-17,19,22H,11-15H2,1-5H3. The summed E-state index contributed by atoms with van der Waals surface area (Å²) in [4.78, 5) is 4.60. The zero-order valence-corrected chi connectivity index (χ0v) is 15.0. The second-order valence-corrected chi connectivity index (χ2v) is 7.34. The highest BCUT2D eigenvalue weighted by atomic mass is 16.3. The smallest absolute Gasteiger partial charge is 0.0793 e. The molecule has 1 unspecified atom stereocenters. The number of aliphatic hydroxyl groups is 1. The van der Waals surface area contributed by atoms with Crippen LogP contribution in [0.5, 0.6) is 0 Å². The van der Waals surface area contributed by atoms with Crippen molar-refractivity contribution in [2.24, 2.45) is 11.8 Å². The zero-order valence-electron chi connectivity index (χ0n) is 15.0. The summed E-state index contributed by atoms with van der Waals surface area (Å²) in [6.07, 6.45) is -0.300. The van der Waals surface area contributed by atoms with Gasteiger partial charge in [0.25, 0.3) is 0 Å². The van der Waals surface area contributed by atoms with Gasteiger partial charge in [-0.3, -0.25) is 4.90 Å². The second-order valence-electron chi connectivity index (χ2n) is 7.34. The highest BCUT2D eigenvalue weighted by Gasteiger charge is 2.16. The van der Waals surface area contributed by atoms with Crippen LogP contribution in [0.1, 0.15) is 33.3 Å². The van der Waals surface area contributed by atoms with Gasteiger partial charge in [0.2, 0.25) is 0 Å². The minimum atomic E-state index is -0.300. The van der Waals surface area contributed by atoms with Gasteiger partial charge in [-0.1, -0.05) is 58.0 Å². The fourth-order valence-corrected chi connectivity index (χ4v) is 2.93. The zero-order chi connectivity index (χ0) is 16.5. The lowest BCUT2D eigenvalue weighted by molar-refractivity contribution is 0.0707. The van der Waals surface area contributed by atoms with Gasteiger partial charge in [-0.2, -0.15) is 0 Å². The Hall–Kier alpha value is -0.900. The molecule has 0 saturated heterocycles. The number of likely N-dealkylation sites (N-methyl/N-ethyl adjacent to an activating group) is 1. The topological polar surface area (TPSA) is 26.7 Å². The number of rotatable bonds is 10. The van der Waals surface area contributed by atoms with Crippen molar-refractivity contribution >= 4 is 0 Å². The van der Waals surface area contributed by atoms with Gasteiger partial charge in [0, 0.05) is 32.7 Å². The van der Waals surface area contributed by atoms with Crippen molar-refractivity contribution in [2.45, 2.75) is 40.3 Å². The number of benzene rings is 1. The van der Waals surface area contributed by atoms with Crippen LogP contribution in [0.3, 0.4) is 0 Å². The third-order valence-electron chi connectivity index (χ3n) is 3.53. The Morgan fingerprint density at radius 2 is 1.41 bits per heavy atom. The lowest BCUT2D eigenvalue weighted by atomic mass is 10.1. The van der Waals surface area contributed by atoms with Gasteiger partial charge in [-0.25, -0.2) is 0 Å². The van der Waals surface area contributed by atoms with Gasteiger partial charge in [0.05, 0.1) is 6.10 Å². The SMILES string of the molecule is CC(C)CN(CC(C)C)CC(O)CN(C)Cc1ccccc1. The highest BCUT2D eigenvalue weighted by Crippen LogP contribution is 2.07. The average molecular weight is 306 g/mol. The van der Waals surface area contributed by atoms with Crippen molar-refractivity contribution in [3.05, 3.63) is 35.9 Å². The van der Waals surface area contributed by atoms with Crippen molar-refractivity contribution in [1.29, 1.82) is 0 Å². The number of nitrogens with zero attached hydrogens (tertiary/aromatic N) is 2. The van der Waals surface area contributed by atoms with E-state index >= 15 is 0 Å². The Labute approximate surface area is 136 Å². The van der Waals surface area contributed by atoms with Gasteiger partial charge in [0.15, 0.2) is 0 Å². The first kappa shape index (κ1) is 19.1. The minimum absolute atomic E-state index is 0.300. The molecule has 1 aromatic rings. The van der Waals surface area contributed by atoms with Crippen LogP contribution in [0, 0.1) is 11.8 Å². The molecular formula is C19H34N2O. The first-order chi connectivity index (χ1) is 10.4. The molecule has 0 aromatic heterocycles. The predicted molar refractivity (Wildman–Crippen MR) is 94.9 cm³/mol. The van der Waals surface area contributed by atoms with E-state index in [1.807, 2.05) is 6.07 Å². The van der Waals surface area contributed by atoms with Crippen LogP contribution in [-0.2, 0) is 6.54 Å². The normalized spacial score (nSPS) is 13.5. The number of aliphatic hydroxyl groups excluding tert-OH is 1. The third-order valence-corrected chi connectivity index (χ3v) is 3.53. The van der Waals surface area contributed by atoms with E-state index in [0.717, 1.165) is 26.2 Å². The minimum Gasteiger partial charge on any atom is -0.390 e. The summed E-state index contributed by atoms with van der Waals surface area (Å²) in [5, 5.41) is 10.4. The van der Waals surface area contributed by atoms with Crippen molar-refractivity contribution in [2.75, 3.05) is 33.2 Å². The van der Waals surface area contributed by atoms with E-state index in [-0.39, 0.29) is 6.10 Å². The quantitative estimate of drug-likeness (QED) is 0.719. The first-order valence-corrected chi connectivity index (χ1v) is 8.49. The van der Waals surface area contributed by atoms with Crippen LogP contribution in [0.4, 0.5) is 0 Å². The van der Waals surface area contributed by atoms with E-state index in [0.29, 0.717) is 18.4 Å². The van der Waals surface area contributed by atoms with Gasteiger partial charge in [-0.15, -0.1) is 0 Å². The van der Waals surface area contributed by atoms with Crippen LogP contribution in [0.2, 0.25) is 0 Å². The molecule has 0 heterocycles. The lowest BCUT2D eigenvalue weighted by Crippen LogP contribution is -2.41. The molecule has 3 nitrogen and oxygen atoms in total. The Morgan fingerprint density at radius 3 is 1.91 bits per heavy atom. The molecule has 22 heavy (non-hydrogen) atoms. The molecule has 1 aromatic carbocycles. The molecule has 1 atom stereocenters. The molecule has 126 valence electrons. The Morgan fingerprint density at radius 1 is 0.864 bits per heavy atom. The summed E-state index contributed by atoms with van der Waals surface area (Å²) in [6.45, 7) is 13.4. The molecule has 3 heteroatoms. The Kier molecular flexibility index (Phi) is 8.69. The molecule has 0 bridgehead atoms. The molecule has 0 radical (unpaired) electrons. The first-order valence-electron chi connectivity index (χ1n) is 8.49. The largest absolute Gasteiger partial charge is 0.390 e. The molecule has 0 saturated carbocycles. The summed E-state index contributed by atoms with van der Waals surface area (Å²) in [5.41, 5.74) is 1.29. The van der Waals surface area contributed by atoms with E-state index in [1.54, 1.807) is 0 Å². The maximum absolute atomic E-state index is 10.4. The molecular weight excluding hydrogens is 272 g/mol. The maximum Gasteiger partial charge on any atom is 0.0793 e. The summed E-state index contributed by atoms with van der Waals surface area (Å²) in [7, 11) is 2.07. The molecule has 1 N–H and O–H groups in total. The molecule has 0 fully saturated rings. The maximum atomic E-state index is 10.4. The van der Waals surface area contributed by atoms with Crippen LogP contribution in [0.25, 0.3) is 0 Å². The van der Waals surface area contributed by atoms with Crippen LogP contribution in [0.15, 0.2) is 30.3 Å². The van der Waals surface area contributed by atoms with Crippen LogP contribution >= 0.6 is 0 Å². The molecule has 0 aliphatic carbocycles. The van der Waals surface area contributed by atoms with E-state index in [1.165, 1.54) is 5.56 Å². The van der Waals surface area contributed by atoms with Crippen molar-refractivity contribution in [3.8, 4) is 0 Å². The van der Waals surface area contributed by atoms with Gasteiger partial charge in [0.1, 0.15) is 0 Å². The Bertz CT molecular complexity index is 382. The molecule has 0 aliphatic heterocycles. The summed E-state index contributed by atoms with van der Waals surface area (Å²) < 4.78 is 0. The summed E-state index contributed by atoms with van der Waals surface area (Å²) >= 11 is 0. The van der Waals surface area contributed by atoms with E-state index < -0.39 is 0 Å². The third kappa shape index (κ3) is 8.52. The summed E-state index contributed by atoms with van der Waals surface area (Å²) in [5.74, 6) is 1.26. The van der Waals surface area contributed by atoms with Crippen LogP contribution in [-0.4, -0.2) is 54.2 Å². The summed E-state index contributed by atoms with van der Waals surface area (Å²) in [6, 6.07) is 10.4. The van der Waals surface area contributed by atoms with Crippen molar-refractivity contribution < 1.29 is 5.11 Å². The van der Waals surface area contributed by atoms with Gasteiger partial charge >= 0.3 is 0 Å². The lowest BCUT2D eigenvalue weighted by Gasteiger charge is -2.30. The van der Waals surface area contributed by atoms with Gasteiger partial charge < -0.3 is 10.0 Å². The van der Waals surface area contributed by atoms with Crippen molar-refractivity contribution in [1.82, 2.24) is 9.80 Å². The second kappa shape index (κ2) is 9.98. The monoisotopic (exact) mass is 306 g/mol. The molecule has 0 amide bonds. The average Bonchev–Trinajstić information content (AvgIpc) is 2.37. The highest BCUT2D eigenvalue weighted by molar-refractivity contribution is 5.14. The fourth-order valence-electron chi connectivity index (χ4n) is 2.93. The van der Waals surface area contributed by atoms with E-state index in [2.05, 4.69) is 68.8 Å². The molecule has 0 spiro atoms. The predicted octanol–water partition coefficient (Wildman–Crippen LogP) is 3.09. The molecule has 0 aliphatic rings. The number of hydrogen-bond acceptors (Lipinski definition) is 3.